The number of benzene rings is 2. The molecule has 2 rings (SSSR count). The Balaban J connectivity index is 1.83. The van der Waals surface area contributed by atoms with E-state index in [0.29, 0.717) is 11.9 Å². The third kappa shape index (κ3) is 7.88. The maximum atomic E-state index is 12.0. The molecule has 2 nitrogen and oxygen atoms in total. The summed E-state index contributed by atoms with van der Waals surface area (Å²) in [5, 5.41) is 0.303. The fourth-order valence-electron chi connectivity index (χ4n) is 2.30. The van der Waals surface area contributed by atoms with Gasteiger partial charge in [0.15, 0.2) is 0 Å². The normalized spacial score (nSPS) is 13.2. The van der Waals surface area contributed by atoms with Crippen LogP contribution in [0.15, 0.2) is 60.7 Å². The fraction of sp³-hybridized carbons (Fsp3) is 0.409. The Kier molecular flexibility index (Phi) is 9.72. The number of carbonyl (C=O) groups excluding carboxylic acids is 1. The highest BCUT2D eigenvalue weighted by molar-refractivity contribution is 8.02. The molecule has 0 saturated carbocycles. The summed E-state index contributed by atoms with van der Waals surface area (Å²) in [6.45, 7) is 4.43. The van der Waals surface area contributed by atoms with Crippen LogP contribution in [0.25, 0.3) is 0 Å². The van der Waals surface area contributed by atoms with E-state index < -0.39 is 0 Å². The van der Waals surface area contributed by atoms with E-state index in [1.54, 1.807) is 0 Å². The van der Waals surface area contributed by atoms with Crippen LogP contribution in [0.1, 0.15) is 31.4 Å². The van der Waals surface area contributed by atoms with Crippen molar-refractivity contribution in [2.75, 3.05) is 12.4 Å². The molecule has 0 amide bonds. The molecule has 0 N–H and O–H groups in total. The molecule has 2 atom stereocenters. The third-order valence-corrected chi connectivity index (χ3v) is 6.83. The van der Waals surface area contributed by atoms with Gasteiger partial charge in [0.25, 0.3) is 0 Å². The van der Waals surface area contributed by atoms with Gasteiger partial charge in [-0.3, -0.25) is 4.79 Å². The van der Waals surface area contributed by atoms with Crippen molar-refractivity contribution in [2.24, 2.45) is 5.92 Å². The number of rotatable bonds is 11. The second-order valence-electron chi connectivity index (χ2n) is 6.36. The van der Waals surface area contributed by atoms with Crippen LogP contribution in [0.4, 0.5) is 0 Å². The molecule has 2 aromatic carbocycles. The van der Waals surface area contributed by atoms with E-state index in [1.807, 2.05) is 49.5 Å². The van der Waals surface area contributed by atoms with Crippen molar-refractivity contribution in [3.8, 4) is 0 Å². The van der Waals surface area contributed by atoms with Crippen LogP contribution >= 0.6 is 23.5 Å². The van der Waals surface area contributed by atoms with Crippen LogP contribution in [-0.4, -0.2) is 23.6 Å². The topological polar surface area (TPSA) is 26.3 Å². The van der Waals surface area contributed by atoms with Gasteiger partial charge in [0, 0.05) is 22.5 Å². The van der Waals surface area contributed by atoms with Gasteiger partial charge in [0.2, 0.25) is 0 Å². The maximum absolute atomic E-state index is 12.0. The van der Waals surface area contributed by atoms with E-state index in [1.165, 1.54) is 11.1 Å². The van der Waals surface area contributed by atoms with Gasteiger partial charge in [-0.05, 0) is 17.5 Å². The Morgan fingerprint density at radius 3 is 2.12 bits per heavy atom. The molecule has 0 aliphatic carbocycles. The predicted molar refractivity (Wildman–Crippen MR) is 115 cm³/mol. The van der Waals surface area contributed by atoms with Crippen LogP contribution in [0, 0.1) is 5.92 Å². The maximum Gasteiger partial charge on any atom is 0.308 e. The predicted octanol–water partition coefficient (Wildman–Crippen LogP) is 5.81. The molecule has 0 aliphatic heterocycles. The number of hydrogen-bond donors (Lipinski definition) is 0. The zero-order valence-corrected chi connectivity index (χ0v) is 17.2. The summed E-state index contributed by atoms with van der Waals surface area (Å²) in [6, 6.07) is 21.0. The Bertz CT molecular complexity index is 631. The Morgan fingerprint density at radius 2 is 1.54 bits per heavy atom. The molecular weight excluding hydrogens is 360 g/mol. The largest absolute Gasteiger partial charge is 0.464 e. The summed E-state index contributed by atoms with van der Waals surface area (Å²) < 4.78 is 5.57. The van der Waals surface area contributed by atoms with Crippen LogP contribution in [0.5, 0.6) is 0 Å². The van der Waals surface area contributed by atoms with Gasteiger partial charge in [-0.1, -0.05) is 74.5 Å². The van der Waals surface area contributed by atoms with E-state index in [2.05, 4.69) is 48.5 Å². The number of carbonyl (C=O) groups is 1. The zero-order chi connectivity index (χ0) is 18.6. The zero-order valence-electron chi connectivity index (χ0n) is 15.6. The average molecular weight is 389 g/mol. The highest BCUT2D eigenvalue weighted by Crippen LogP contribution is 2.24. The Hall–Kier alpha value is -1.39. The summed E-state index contributed by atoms with van der Waals surface area (Å²) in [5.74, 6) is 2.80. The molecule has 0 bridgehead atoms. The van der Waals surface area contributed by atoms with Gasteiger partial charge in [0.1, 0.15) is 6.61 Å². The first-order chi connectivity index (χ1) is 12.7. The van der Waals surface area contributed by atoms with Crippen LogP contribution < -0.4 is 0 Å². The lowest BCUT2D eigenvalue weighted by molar-refractivity contribution is -0.147. The summed E-state index contributed by atoms with van der Waals surface area (Å²) in [6.07, 6.45) is 0.823. The van der Waals surface area contributed by atoms with E-state index in [0.717, 1.165) is 23.7 Å². The van der Waals surface area contributed by atoms with Gasteiger partial charge in [0.05, 0.1) is 5.92 Å². The van der Waals surface area contributed by atoms with E-state index >= 15 is 0 Å². The number of esters is 1. The van der Waals surface area contributed by atoms with Gasteiger partial charge < -0.3 is 4.74 Å². The minimum atomic E-state index is -0.0779. The first kappa shape index (κ1) is 20.9. The van der Waals surface area contributed by atoms with Crippen molar-refractivity contribution in [3.05, 3.63) is 71.8 Å². The number of ether oxygens (including phenoxy) is 1. The van der Waals surface area contributed by atoms with Gasteiger partial charge >= 0.3 is 5.97 Å². The average Bonchev–Trinajstić information content (AvgIpc) is 2.70. The molecule has 2 aromatic rings. The van der Waals surface area contributed by atoms with E-state index in [9.17, 15) is 4.79 Å². The van der Waals surface area contributed by atoms with E-state index in [4.69, 9.17) is 4.74 Å². The molecule has 0 aliphatic rings. The number of hydrogen-bond acceptors (Lipinski definition) is 4. The van der Waals surface area contributed by atoms with Crippen molar-refractivity contribution >= 4 is 29.5 Å². The van der Waals surface area contributed by atoms with Gasteiger partial charge in [-0.25, -0.2) is 0 Å². The van der Waals surface area contributed by atoms with Gasteiger partial charge in [-0.2, -0.15) is 11.8 Å². The Morgan fingerprint density at radius 1 is 0.962 bits per heavy atom. The monoisotopic (exact) mass is 388 g/mol. The summed E-state index contributed by atoms with van der Waals surface area (Å²) >= 11 is 3.78. The van der Waals surface area contributed by atoms with Crippen molar-refractivity contribution in [2.45, 2.75) is 37.0 Å². The molecule has 0 fully saturated rings. The molecule has 0 spiro atoms. The molecule has 0 radical (unpaired) electrons. The fourth-order valence-corrected chi connectivity index (χ4v) is 4.66. The molecule has 140 valence electrons. The van der Waals surface area contributed by atoms with Crippen LogP contribution in [-0.2, 0) is 21.0 Å². The lowest BCUT2D eigenvalue weighted by Gasteiger charge is -2.18. The van der Waals surface area contributed by atoms with Gasteiger partial charge in [-0.15, -0.1) is 11.8 Å². The van der Waals surface area contributed by atoms with E-state index in [-0.39, 0.29) is 11.9 Å². The highest BCUT2D eigenvalue weighted by Gasteiger charge is 2.16. The molecule has 0 heterocycles. The van der Waals surface area contributed by atoms with Crippen LogP contribution in [0.2, 0.25) is 0 Å². The Labute approximate surface area is 166 Å². The third-order valence-electron chi connectivity index (χ3n) is 4.17. The SMILES string of the molecule is CCC(C)C(=O)OCC(CSCc1ccccc1)SCc1ccccc1. The quantitative estimate of drug-likeness (QED) is 0.454. The minimum Gasteiger partial charge on any atom is -0.464 e. The summed E-state index contributed by atoms with van der Waals surface area (Å²) in [7, 11) is 0. The molecule has 2 unspecified atom stereocenters. The van der Waals surface area contributed by atoms with Crippen molar-refractivity contribution < 1.29 is 9.53 Å². The minimum absolute atomic E-state index is 0.0215. The summed E-state index contributed by atoms with van der Waals surface area (Å²) in [4.78, 5) is 12.0. The molecule has 4 heteroatoms. The smallest absolute Gasteiger partial charge is 0.308 e. The lowest BCUT2D eigenvalue weighted by Crippen LogP contribution is -2.22. The standard InChI is InChI=1S/C22H28O2S2/c1-3-18(2)22(23)24-14-21(26-16-20-12-8-5-9-13-20)17-25-15-19-10-6-4-7-11-19/h4-13,18,21H,3,14-17H2,1-2H3. The number of thioether (sulfide) groups is 2. The highest BCUT2D eigenvalue weighted by atomic mass is 32.2. The second-order valence-corrected chi connectivity index (χ2v) is 8.68. The van der Waals surface area contributed by atoms with Crippen molar-refractivity contribution in [1.82, 2.24) is 0 Å². The first-order valence-corrected chi connectivity index (χ1v) is 11.3. The second kappa shape index (κ2) is 12.1. The lowest BCUT2D eigenvalue weighted by atomic mass is 10.1. The van der Waals surface area contributed by atoms with Crippen LogP contribution in [0.3, 0.4) is 0 Å². The van der Waals surface area contributed by atoms with Crippen molar-refractivity contribution in [3.63, 3.8) is 0 Å². The molecular formula is C22H28O2S2. The van der Waals surface area contributed by atoms with Crippen molar-refractivity contribution in [1.29, 1.82) is 0 Å². The summed E-state index contributed by atoms with van der Waals surface area (Å²) in [5.41, 5.74) is 2.64. The molecule has 26 heavy (non-hydrogen) atoms. The first-order valence-electron chi connectivity index (χ1n) is 9.13. The molecule has 0 aromatic heterocycles. The molecule has 0 saturated heterocycles.